The first-order valence-electron chi connectivity index (χ1n) is 13.9. The van der Waals surface area contributed by atoms with Gasteiger partial charge in [0.25, 0.3) is 0 Å². The van der Waals surface area contributed by atoms with E-state index in [0.29, 0.717) is 30.8 Å². The largest absolute Gasteiger partial charge is 0.352 e. The number of carbonyl (C=O) groups is 2. The fourth-order valence-corrected chi connectivity index (χ4v) is 5.86. The van der Waals surface area contributed by atoms with Crippen molar-refractivity contribution in [3.8, 4) is 0 Å². The minimum atomic E-state index is -0.619. The number of hydrogen-bond donors (Lipinski definition) is 1. The van der Waals surface area contributed by atoms with Crippen LogP contribution in [0, 0.1) is 0 Å². The Morgan fingerprint density at radius 3 is 2.33 bits per heavy atom. The van der Waals surface area contributed by atoms with Crippen LogP contribution in [0.4, 0.5) is 0 Å². The fraction of sp³-hybridized carbons (Fsp3) is 0.294. The van der Waals surface area contributed by atoms with Gasteiger partial charge < -0.3 is 10.2 Å². The quantitative estimate of drug-likeness (QED) is 0.233. The maximum atomic E-state index is 14.0. The molecule has 0 unspecified atom stereocenters. The highest BCUT2D eigenvalue weighted by atomic mass is 35.5. The molecule has 0 spiro atoms. The average Bonchev–Trinajstić information content (AvgIpc) is 3.47. The van der Waals surface area contributed by atoms with Gasteiger partial charge in [0.1, 0.15) is 6.04 Å². The van der Waals surface area contributed by atoms with Crippen molar-refractivity contribution in [2.24, 2.45) is 0 Å². The van der Waals surface area contributed by atoms with Gasteiger partial charge in [-0.25, -0.2) is 0 Å². The van der Waals surface area contributed by atoms with Gasteiger partial charge in [-0.15, -0.1) is 0 Å². The van der Waals surface area contributed by atoms with Gasteiger partial charge >= 0.3 is 0 Å². The zero-order chi connectivity index (χ0) is 27.0. The van der Waals surface area contributed by atoms with Gasteiger partial charge in [-0.1, -0.05) is 109 Å². The van der Waals surface area contributed by atoms with Crippen LogP contribution in [0.15, 0.2) is 97.1 Å². The summed E-state index contributed by atoms with van der Waals surface area (Å²) in [6.45, 7) is 0.324. The van der Waals surface area contributed by atoms with E-state index in [2.05, 4.69) is 29.6 Å². The Morgan fingerprint density at radius 1 is 0.846 bits per heavy atom. The molecule has 0 saturated heterocycles. The number of aryl methyl sites for hydroxylation is 1. The summed E-state index contributed by atoms with van der Waals surface area (Å²) in [7, 11) is 0. The van der Waals surface area contributed by atoms with Crippen molar-refractivity contribution >= 4 is 34.2 Å². The first kappa shape index (κ1) is 27.0. The van der Waals surface area contributed by atoms with E-state index in [0.717, 1.165) is 53.1 Å². The van der Waals surface area contributed by atoms with Crippen molar-refractivity contribution in [2.75, 3.05) is 0 Å². The van der Waals surface area contributed by atoms with Crippen molar-refractivity contribution in [3.05, 3.63) is 119 Å². The molecule has 1 N–H and O–H groups in total. The molecule has 1 aliphatic rings. The molecule has 1 atom stereocenters. The topological polar surface area (TPSA) is 49.4 Å². The first-order chi connectivity index (χ1) is 19.1. The summed E-state index contributed by atoms with van der Waals surface area (Å²) < 4.78 is 0. The van der Waals surface area contributed by atoms with Crippen LogP contribution in [0.1, 0.15) is 48.8 Å². The molecule has 200 valence electrons. The van der Waals surface area contributed by atoms with Gasteiger partial charge in [0.05, 0.1) is 0 Å². The Bertz CT molecular complexity index is 1410. The number of halogens is 1. The summed E-state index contributed by atoms with van der Waals surface area (Å²) in [4.78, 5) is 29.6. The van der Waals surface area contributed by atoms with E-state index in [9.17, 15) is 9.59 Å². The summed E-state index contributed by atoms with van der Waals surface area (Å²) in [5, 5.41) is 6.21. The Kier molecular flexibility index (Phi) is 8.95. The number of fused-ring (bicyclic) bond motifs is 1. The summed E-state index contributed by atoms with van der Waals surface area (Å²) in [6.07, 6.45) is 5.63. The lowest BCUT2D eigenvalue weighted by atomic mass is 9.99. The molecule has 4 aromatic rings. The second-order valence-corrected chi connectivity index (χ2v) is 10.9. The molecule has 5 rings (SSSR count). The van der Waals surface area contributed by atoms with E-state index in [1.54, 1.807) is 4.90 Å². The second-order valence-electron chi connectivity index (χ2n) is 10.5. The molecule has 5 heteroatoms. The van der Waals surface area contributed by atoms with Crippen LogP contribution < -0.4 is 5.32 Å². The summed E-state index contributed by atoms with van der Waals surface area (Å²) in [5.74, 6) is -0.114. The lowest BCUT2D eigenvalue weighted by Crippen LogP contribution is -2.52. The Labute approximate surface area is 236 Å². The highest BCUT2D eigenvalue weighted by Gasteiger charge is 2.32. The van der Waals surface area contributed by atoms with Crippen LogP contribution in [0.5, 0.6) is 0 Å². The molecule has 1 fully saturated rings. The number of hydrogen-bond acceptors (Lipinski definition) is 2. The maximum absolute atomic E-state index is 14.0. The second kappa shape index (κ2) is 12.9. The normalized spacial score (nSPS) is 14.3. The lowest BCUT2D eigenvalue weighted by Gasteiger charge is -2.32. The van der Waals surface area contributed by atoms with Gasteiger partial charge in [0.2, 0.25) is 11.8 Å². The highest BCUT2D eigenvalue weighted by molar-refractivity contribution is 6.30. The SMILES string of the molecule is O=C(NC1CCCC1)[C@H](Cc1ccccc1)N(Cc1cccc(Cl)c1)C(=O)CCc1cccc2ccccc12. The van der Waals surface area contributed by atoms with Crippen molar-refractivity contribution in [3.63, 3.8) is 0 Å². The van der Waals surface area contributed by atoms with Crippen LogP contribution in [0.25, 0.3) is 10.8 Å². The zero-order valence-corrected chi connectivity index (χ0v) is 22.9. The molecule has 0 aliphatic heterocycles. The molecule has 2 amide bonds. The molecule has 0 bridgehead atoms. The van der Waals surface area contributed by atoms with Gasteiger partial charge in [-0.05, 0) is 58.9 Å². The van der Waals surface area contributed by atoms with Crippen LogP contribution in [0.3, 0.4) is 0 Å². The highest BCUT2D eigenvalue weighted by Crippen LogP contribution is 2.23. The van der Waals surface area contributed by atoms with E-state index in [1.807, 2.05) is 72.8 Å². The van der Waals surface area contributed by atoms with Crippen LogP contribution in [0.2, 0.25) is 5.02 Å². The van der Waals surface area contributed by atoms with E-state index >= 15 is 0 Å². The molecule has 1 aliphatic carbocycles. The molecule has 39 heavy (non-hydrogen) atoms. The summed E-state index contributed by atoms with van der Waals surface area (Å²) in [6, 6.07) is 31.6. The van der Waals surface area contributed by atoms with Crippen LogP contribution >= 0.6 is 11.6 Å². The Hall–Kier alpha value is -3.63. The van der Waals surface area contributed by atoms with Gasteiger partial charge in [0.15, 0.2) is 0 Å². The molecule has 4 aromatic carbocycles. The number of rotatable bonds is 10. The summed E-state index contributed by atoms with van der Waals surface area (Å²) in [5.41, 5.74) is 3.08. The smallest absolute Gasteiger partial charge is 0.243 e. The van der Waals surface area contributed by atoms with Crippen LogP contribution in [-0.2, 0) is 29.0 Å². The number of benzene rings is 4. The number of carbonyl (C=O) groups excluding carboxylic acids is 2. The van der Waals surface area contributed by atoms with Crippen molar-refractivity contribution in [1.29, 1.82) is 0 Å². The van der Waals surface area contributed by atoms with Gasteiger partial charge in [-0.2, -0.15) is 0 Å². The van der Waals surface area contributed by atoms with Gasteiger partial charge in [-0.3, -0.25) is 9.59 Å². The van der Waals surface area contributed by atoms with Crippen molar-refractivity contribution < 1.29 is 9.59 Å². The average molecular weight is 539 g/mol. The third-order valence-electron chi connectivity index (χ3n) is 7.70. The van der Waals surface area contributed by atoms with Crippen molar-refractivity contribution in [2.45, 2.75) is 63.6 Å². The molecule has 1 saturated carbocycles. The monoisotopic (exact) mass is 538 g/mol. The lowest BCUT2D eigenvalue weighted by molar-refractivity contribution is -0.141. The van der Waals surface area contributed by atoms with E-state index in [4.69, 9.17) is 11.6 Å². The minimum Gasteiger partial charge on any atom is -0.352 e. The van der Waals surface area contributed by atoms with E-state index < -0.39 is 6.04 Å². The molecular weight excluding hydrogens is 504 g/mol. The van der Waals surface area contributed by atoms with Crippen LogP contribution in [-0.4, -0.2) is 28.8 Å². The predicted molar refractivity (Wildman–Crippen MR) is 159 cm³/mol. The van der Waals surface area contributed by atoms with Crippen molar-refractivity contribution in [1.82, 2.24) is 10.2 Å². The molecular formula is C34H35ClN2O2. The third kappa shape index (κ3) is 7.07. The maximum Gasteiger partial charge on any atom is 0.243 e. The van der Waals surface area contributed by atoms with Gasteiger partial charge in [0, 0.05) is 30.5 Å². The number of nitrogens with zero attached hydrogens (tertiary/aromatic N) is 1. The molecule has 0 aromatic heterocycles. The standard InChI is InChI=1S/C34H35ClN2O2/c35-29-16-8-12-26(22-29)24-37(33(38)21-20-28-15-9-14-27-13-4-7-19-31(27)28)32(23-25-10-2-1-3-11-25)34(39)36-30-17-5-6-18-30/h1-4,7-16,19,22,30,32H,5-6,17-18,20-21,23-24H2,(H,36,39)/t32-/m0/s1. The first-order valence-corrected chi connectivity index (χ1v) is 14.3. The fourth-order valence-electron chi connectivity index (χ4n) is 5.65. The van der Waals surface area contributed by atoms with E-state index in [1.165, 1.54) is 0 Å². The summed E-state index contributed by atoms with van der Waals surface area (Å²) >= 11 is 6.31. The Morgan fingerprint density at radius 2 is 1.54 bits per heavy atom. The number of nitrogens with one attached hydrogen (secondary N) is 1. The zero-order valence-electron chi connectivity index (χ0n) is 22.2. The molecule has 0 heterocycles. The predicted octanol–water partition coefficient (Wildman–Crippen LogP) is 7.12. The third-order valence-corrected chi connectivity index (χ3v) is 7.94. The Balaban J connectivity index is 1.44. The molecule has 0 radical (unpaired) electrons. The number of amides is 2. The minimum absolute atomic E-state index is 0.0367. The molecule has 4 nitrogen and oxygen atoms in total. The van der Waals surface area contributed by atoms with E-state index in [-0.39, 0.29) is 17.9 Å².